The van der Waals surface area contributed by atoms with Crippen molar-refractivity contribution in [3.8, 4) is 11.4 Å². The van der Waals surface area contributed by atoms with E-state index in [2.05, 4.69) is 15.1 Å². The maximum absolute atomic E-state index is 11.3. The lowest BCUT2D eigenvalue weighted by Crippen LogP contribution is -1.97. The number of aromatic nitrogens is 4. The minimum Gasteiger partial charge on any atom is -0.478 e. The van der Waals surface area contributed by atoms with Gasteiger partial charge in [-0.2, -0.15) is 5.10 Å². The number of nitrogens with one attached hydrogen (secondary N) is 1. The Hall–Kier alpha value is -3.15. The lowest BCUT2D eigenvalue weighted by molar-refractivity contribution is 0.0699. The molecular weight excluding hydrogens is 280 g/mol. The van der Waals surface area contributed by atoms with Gasteiger partial charge in [-0.05, 0) is 18.2 Å². The van der Waals surface area contributed by atoms with Gasteiger partial charge in [-0.3, -0.25) is 9.67 Å². The van der Waals surface area contributed by atoms with Crippen molar-refractivity contribution >= 4 is 27.9 Å². The molecule has 2 N–H and O–H groups in total. The highest BCUT2D eigenvalue weighted by Gasteiger charge is 2.16. The highest BCUT2D eigenvalue weighted by Crippen LogP contribution is 2.29. The van der Waals surface area contributed by atoms with Crippen LogP contribution in [0.1, 0.15) is 10.4 Å². The molecule has 0 aliphatic carbocycles. The second kappa shape index (κ2) is 4.42. The minimum absolute atomic E-state index is 0.205. The molecular formula is C16H12N4O2. The second-order valence-corrected chi connectivity index (χ2v) is 5.10. The molecule has 108 valence electrons. The van der Waals surface area contributed by atoms with E-state index in [-0.39, 0.29) is 5.56 Å². The van der Waals surface area contributed by atoms with Gasteiger partial charge in [-0.25, -0.2) is 4.79 Å². The molecule has 3 heterocycles. The summed E-state index contributed by atoms with van der Waals surface area (Å²) in [5.74, 6) is -0.980. The Balaban J connectivity index is 2.01. The topological polar surface area (TPSA) is 83.8 Å². The van der Waals surface area contributed by atoms with Crippen molar-refractivity contribution in [2.24, 2.45) is 7.05 Å². The summed E-state index contributed by atoms with van der Waals surface area (Å²) in [6.07, 6.45) is 1.50. The normalized spacial score (nSPS) is 11.3. The number of hydrogen-bond donors (Lipinski definition) is 2. The fourth-order valence-corrected chi connectivity index (χ4v) is 2.74. The molecule has 0 bridgehead atoms. The number of carboxylic acid groups (broad SMARTS) is 1. The Morgan fingerprint density at radius 3 is 2.91 bits per heavy atom. The summed E-state index contributed by atoms with van der Waals surface area (Å²) in [7, 11) is 1.88. The van der Waals surface area contributed by atoms with Gasteiger partial charge in [-0.15, -0.1) is 0 Å². The SMILES string of the molecule is Cn1nc(-c2cc3nccc(C(=O)O)c3[nH]2)c2ccccc21. The van der Waals surface area contributed by atoms with Gasteiger partial charge in [0.25, 0.3) is 0 Å². The van der Waals surface area contributed by atoms with E-state index in [0.29, 0.717) is 11.0 Å². The van der Waals surface area contributed by atoms with E-state index in [4.69, 9.17) is 0 Å². The van der Waals surface area contributed by atoms with E-state index in [1.54, 1.807) is 0 Å². The Bertz CT molecular complexity index is 1030. The van der Waals surface area contributed by atoms with Crippen LogP contribution in [0.15, 0.2) is 42.6 Å². The lowest BCUT2D eigenvalue weighted by Gasteiger charge is -1.95. The number of aryl methyl sites for hydroxylation is 1. The molecule has 1 aromatic carbocycles. The molecule has 0 saturated carbocycles. The first-order chi connectivity index (χ1) is 10.6. The quantitative estimate of drug-likeness (QED) is 0.595. The van der Waals surface area contributed by atoms with Gasteiger partial charge in [0.05, 0.1) is 27.8 Å². The number of nitrogens with zero attached hydrogens (tertiary/aromatic N) is 3. The predicted octanol–water partition coefficient (Wildman–Crippen LogP) is 2.81. The van der Waals surface area contributed by atoms with Gasteiger partial charge >= 0.3 is 5.97 Å². The first-order valence-corrected chi connectivity index (χ1v) is 6.78. The molecule has 0 fully saturated rings. The number of pyridine rings is 1. The average molecular weight is 292 g/mol. The van der Waals surface area contributed by atoms with Crippen LogP contribution in [0.25, 0.3) is 33.3 Å². The molecule has 0 radical (unpaired) electrons. The maximum Gasteiger partial charge on any atom is 0.337 e. The van der Waals surface area contributed by atoms with Crippen molar-refractivity contribution in [2.45, 2.75) is 0 Å². The van der Waals surface area contributed by atoms with Gasteiger partial charge in [0, 0.05) is 18.6 Å². The Morgan fingerprint density at radius 1 is 1.27 bits per heavy atom. The van der Waals surface area contributed by atoms with Crippen LogP contribution in [0, 0.1) is 0 Å². The number of carbonyl (C=O) groups is 1. The molecule has 6 heteroatoms. The van der Waals surface area contributed by atoms with Crippen molar-refractivity contribution in [1.82, 2.24) is 19.7 Å². The molecule has 3 aromatic heterocycles. The first-order valence-electron chi connectivity index (χ1n) is 6.78. The number of hydrogen-bond acceptors (Lipinski definition) is 3. The van der Waals surface area contributed by atoms with E-state index < -0.39 is 5.97 Å². The third-order valence-electron chi connectivity index (χ3n) is 3.76. The third-order valence-corrected chi connectivity index (χ3v) is 3.76. The van der Waals surface area contributed by atoms with Gasteiger partial charge in [0.15, 0.2) is 0 Å². The van der Waals surface area contributed by atoms with E-state index in [9.17, 15) is 9.90 Å². The summed E-state index contributed by atoms with van der Waals surface area (Å²) in [4.78, 5) is 18.7. The summed E-state index contributed by atoms with van der Waals surface area (Å²) in [6, 6.07) is 11.2. The molecule has 0 aliphatic heterocycles. The van der Waals surface area contributed by atoms with E-state index in [1.165, 1.54) is 12.3 Å². The third kappa shape index (κ3) is 1.70. The molecule has 6 nitrogen and oxygen atoms in total. The molecule has 0 atom stereocenters. The van der Waals surface area contributed by atoms with Crippen LogP contribution in [-0.4, -0.2) is 30.8 Å². The number of H-pyrrole nitrogens is 1. The summed E-state index contributed by atoms with van der Waals surface area (Å²) < 4.78 is 1.81. The van der Waals surface area contributed by atoms with E-state index >= 15 is 0 Å². The zero-order valence-corrected chi connectivity index (χ0v) is 11.7. The van der Waals surface area contributed by atoms with Crippen molar-refractivity contribution in [3.05, 3.63) is 48.2 Å². The Kier molecular flexibility index (Phi) is 2.53. The highest BCUT2D eigenvalue weighted by atomic mass is 16.4. The maximum atomic E-state index is 11.3. The summed E-state index contributed by atoms with van der Waals surface area (Å²) in [5, 5.41) is 14.8. The molecule has 0 amide bonds. The molecule has 0 unspecified atom stereocenters. The highest BCUT2D eigenvalue weighted by molar-refractivity contribution is 6.03. The molecule has 0 aliphatic rings. The van der Waals surface area contributed by atoms with Gasteiger partial charge < -0.3 is 10.1 Å². The summed E-state index contributed by atoms with van der Waals surface area (Å²) in [5.41, 5.74) is 3.89. The number of carboxylic acids is 1. The molecule has 4 aromatic rings. The van der Waals surface area contributed by atoms with Crippen LogP contribution in [0.3, 0.4) is 0 Å². The van der Waals surface area contributed by atoms with Crippen LogP contribution < -0.4 is 0 Å². The van der Waals surface area contributed by atoms with Crippen LogP contribution in [0.4, 0.5) is 0 Å². The predicted molar refractivity (Wildman–Crippen MR) is 82.8 cm³/mol. The minimum atomic E-state index is -0.980. The summed E-state index contributed by atoms with van der Waals surface area (Å²) in [6.45, 7) is 0. The van der Waals surface area contributed by atoms with Gasteiger partial charge in [-0.1, -0.05) is 18.2 Å². The zero-order valence-electron chi connectivity index (χ0n) is 11.7. The zero-order chi connectivity index (χ0) is 15.3. The number of para-hydroxylation sites is 1. The number of fused-ring (bicyclic) bond motifs is 2. The van der Waals surface area contributed by atoms with Crippen LogP contribution >= 0.6 is 0 Å². The standard InChI is InChI=1S/C16H12N4O2/c1-20-13-5-3-2-4-9(13)15(19-20)12-8-11-14(18-12)10(16(21)22)6-7-17-11/h2-8,18H,1H3,(H,21,22). The number of aromatic carboxylic acids is 1. The average Bonchev–Trinajstić information content (AvgIpc) is 3.08. The van der Waals surface area contributed by atoms with E-state index in [1.807, 2.05) is 42.1 Å². The lowest BCUT2D eigenvalue weighted by atomic mass is 10.2. The van der Waals surface area contributed by atoms with E-state index in [0.717, 1.165) is 22.3 Å². The second-order valence-electron chi connectivity index (χ2n) is 5.10. The Morgan fingerprint density at radius 2 is 2.09 bits per heavy atom. The van der Waals surface area contributed by atoms with Crippen molar-refractivity contribution in [1.29, 1.82) is 0 Å². The van der Waals surface area contributed by atoms with Crippen molar-refractivity contribution < 1.29 is 9.90 Å². The largest absolute Gasteiger partial charge is 0.478 e. The van der Waals surface area contributed by atoms with Gasteiger partial charge in [0.1, 0.15) is 5.69 Å². The van der Waals surface area contributed by atoms with Crippen LogP contribution in [0.5, 0.6) is 0 Å². The molecule has 0 spiro atoms. The molecule has 4 rings (SSSR count). The van der Waals surface area contributed by atoms with Crippen LogP contribution in [-0.2, 0) is 7.05 Å². The number of aromatic amines is 1. The molecule has 0 saturated heterocycles. The monoisotopic (exact) mass is 292 g/mol. The number of rotatable bonds is 2. The first kappa shape index (κ1) is 12.6. The molecule has 22 heavy (non-hydrogen) atoms. The van der Waals surface area contributed by atoms with Gasteiger partial charge in [0.2, 0.25) is 0 Å². The van der Waals surface area contributed by atoms with Crippen LogP contribution in [0.2, 0.25) is 0 Å². The fourth-order valence-electron chi connectivity index (χ4n) is 2.74. The fraction of sp³-hybridized carbons (Fsp3) is 0.0625. The smallest absolute Gasteiger partial charge is 0.337 e. The number of benzene rings is 1. The van der Waals surface area contributed by atoms with Crippen molar-refractivity contribution in [3.63, 3.8) is 0 Å². The van der Waals surface area contributed by atoms with Crippen molar-refractivity contribution in [2.75, 3.05) is 0 Å². The Labute approximate surface area is 125 Å². The summed E-state index contributed by atoms with van der Waals surface area (Å²) >= 11 is 0.